The van der Waals surface area contributed by atoms with Gasteiger partial charge in [0, 0.05) is 6.42 Å². The molecular formula is C15H22O4S. The lowest BCUT2D eigenvalue weighted by atomic mass is 10.00. The molecule has 1 heterocycles. The van der Waals surface area contributed by atoms with Gasteiger partial charge in [0.15, 0.2) is 9.84 Å². The number of methoxy groups -OCH3 is 1. The van der Waals surface area contributed by atoms with E-state index in [-0.39, 0.29) is 5.75 Å². The van der Waals surface area contributed by atoms with Crippen LogP contribution in [0.1, 0.15) is 30.4 Å². The highest BCUT2D eigenvalue weighted by Gasteiger charge is 2.34. The van der Waals surface area contributed by atoms with Crippen molar-refractivity contribution in [2.24, 2.45) is 0 Å². The van der Waals surface area contributed by atoms with Crippen molar-refractivity contribution in [2.45, 2.75) is 44.0 Å². The molecule has 0 bridgehead atoms. The van der Waals surface area contributed by atoms with Crippen LogP contribution in [0, 0.1) is 6.92 Å². The van der Waals surface area contributed by atoms with Crippen LogP contribution in [0.25, 0.3) is 0 Å². The molecule has 1 saturated heterocycles. The van der Waals surface area contributed by atoms with Crippen molar-refractivity contribution in [1.29, 1.82) is 0 Å². The molecule has 1 aromatic rings. The third kappa shape index (κ3) is 3.33. The van der Waals surface area contributed by atoms with Crippen molar-refractivity contribution in [2.75, 3.05) is 12.9 Å². The van der Waals surface area contributed by atoms with Gasteiger partial charge in [-0.15, -0.1) is 0 Å². The lowest BCUT2D eigenvalue weighted by Crippen LogP contribution is -2.39. The van der Waals surface area contributed by atoms with E-state index in [4.69, 9.17) is 4.74 Å². The van der Waals surface area contributed by atoms with E-state index in [0.29, 0.717) is 25.0 Å². The molecule has 0 radical (unpaired) electrons. The molecule has 0 spiro atoms. The number of hydrogen-bond donors (Lipinski definition) is 1. The second-order valence-electron chi connectivity index (χ2n) is 5.49. The molecule has 2 rings (SSSR count). The molecular weight excluding hydrogens is 276 g/mol. The summed E-state index contributed by atoms with van der Waals surface area (Å²) in [7, 11) is -1.58. The number of sulfone groups is 1. The Hall–Kier alpha value is -1.07. The van der Waals surface area contributed by atoms with Crippen molar-refractivity contribution in [3.63, 3.8) is 0 Å². The molecule has 112 valence electrons. The van der Waals surface area contributed by atoms with Gasteiger partial charge in [0.25, 0.3) is 0 Å². The standard InChI is InChI=1S/C15H22O4S/c1-11-6-7-14(19-2)12(9-11)10-13(16)15-5-3-4-8-20(15,17)18/h6-7,9,13,15-16H,3-5,8,10H2,1-2H3. The number of ether oxygens (including phenoxy) is 1. The maximum Gasteiger partial charge on any atom is 0.155 e. The molecule has 1 N–H and O–H groups in total. The summed E-state index contributed by atoms with van der Waals surface area (Å²) in [5.74, 6) is 0.891. The Morgan fingerprint density at radius 3 is 2.80 bits per heavy atom. The van der Waals surface area contributed by atoms with Gasteiger partial charge in [0.1, 0.15) is 5.75 Å². The third-order valence-corrected chi connectivity index (χ3v) is 6.25. The average molecular weight is 298 g/mol. The summed E-state index contributed by atoms with van der Waals surface area (Å²) in [5, 5.41) is 9.70. The first-order valence-electron chi connectivity index (χ1n) is 6.97. The van der Waals surface area contributed by atoms with Crippen molar-refractivity contribution in [3.8, 4) is 5.75 Å². The van der Waals surface area contributed by atoms with Gasteiger partial charge >= 0.3 is 0 Å². The molecule has 20 heavy (non-hydrogen) atoms. The van der Waals surface area contributed by atoms with Crippen LogP contribution in [0.5, 0.6) is 5.75 Å². The maximum absolute atomic E-state index is 12.0. The van der Waals surface area contributed by atoms with E-state index in [1.54, 1.807) is 7.11 Å². The lowest BCUT2D eigenvalue weighted by molar-refractivity contribution is 0.161. The fourth-order valence-electron chi connectivity index (χ4n) is 2.84. The third-order valence-electron chi connectivity index (χ3n) is 3.92. The van der Waals surface area contributed by atoms with Crippen molar-refractivity contribution in [3.05, 3.63) is 29.3 Å². The summed E-state index contributed by atoms with van der Waals surface area (Å²) in [6.07, 6.45) is 1.58. The Balaban J connectivity index is 2.19. The van der Waals surface area contributed by atoms with Crippen LogP contribution in [0.4, 0.5) is 0 Å². The van der Waals surface area contributed by atoms with Crippen LogP contribution in [0.2, 0.25) is 0 Å². The highest BCUT2D eigenvalue weighted by atomic mass is 32.2. The monoisotopic (exact) mass is 298 g/mol. The molecule has 0 saturated carbocycles. The van der Waals surface area contributed by atoms with Crippen LogP contribution in [0.3, 0.4) is 0 Å². The van der Waals surface area contributed by atoms with E-state index in [2.05, 4.69) is 0 Å². The van der Waals surface area contributed by atoms with Gasteiger partial charge in [-0.25, -0.2) is 8.42 Å². The van der Waals surface area contributed by atoms with Gasteiger partial charge in [-0.3, -0.25) is 0 Å². The van der Waals surface area contributed by atoms with Crippen molar-refractivity contribution >= 4 is 9.84 Å². The maximum atomic E-state index is 12.0. The van der Waals surface area contributed by atoms with Crippen LogP contribution in [0.15, 0.2) is 18.2 Å². The number of hydrogen-bond acceptors (Lipinski definition) is 4. The summed E-state index contributed by atoms with van der Waals surface area (Å²) in [6, 6.07) is 5.73. The summed E-state index contributed by atoms with van der Waals surface area (Å²) in [4.78, 5) is 0. The first-order chi connectivity index (χ1) is 9.44. The molecule has 1 aromatic carbocycles. The number of aliphatic hydroxyl groups excluding tert-OH is 1. The zero-order valence-electron chi connectivity index (χ0n) is 12.0. The number of benzene rings is 1. The van der Waals surface area contributed by atoms with Crippen molar-refractivity contribution < 1.29 is 18.3 Å². The normalized spacial score (nSPS) is 23.2. The van der Waals surface area contributed by atoms with E-state index < -0.39 is 21.2 Å². The Morgan fingerprint density at radius 1 is 1.40 bits per heavy atom. The molecule has 0 amide bonds. The number of aryl methyl sites for hydroxylation is 1. The van der Waals surface area contributed by atoms with Crippen LogP contribution < -0.4 is 4.74 Å². The molecule has 1 aliphatic rings. The molecule has 5 heteroatoms. The van der Waals surface area contributed by atoms with Gasteiger partial charge in [0.05, 0.1) is 24.2 Å². The largest absolute Gasteiger partial charge is 0.496 e. The minimum absolute atomic E-state index is 0.194. The van der Waals surface area contributed by atoms with Crippen LogP contribution >= 0.6 is 0 Å². The summed E-state index contributed by atoms with van der Waals surface area (Å²) in [6.45, 7) is 1.96. The minimum atomic E-state index is -3.16. The Bertz CT molecular complexity index is 565. The van der Waals surface area contributed by atoms with Gasteiger partial charge in [0.2, 0.25) is 0 Å². The predicted octanol–water partition coefficient (Wildman–Crippen LogP) is 1.87. The molecule has 1 fully saturated rings. The SMILES string of the molecule is COc1ccc(C)cc1CC(O)C1CCCCS1(=O)=O. The smallest absolute Gasteiger partial charge is 0.155 e. The zero-order chi connectivity index (χ0) is 14.8. The molecule has 1 aliphatic heterocycles. The minimum Gasteiger partial charge on any atom is -0.496 e. The van der Waals surface area contributed by atoms with Gasteiger partial charge < -0.3 is 9.84 Å². The second-order valence-corrected chi connectivity index (χ2v) is 7.83. The van der Waals surface area contributed by atoms with Gasteiger partial charge in [-0.1, -0.05) is 24.1 Å². The lowest BCUT2D eigenvalue weighted by Gasteiger charge is -2.27. The Kier molecular flexibility index (Phi) is 4.70. The Labute approximate surface area is 120 Å². The molecule has 0 aromatic heterocycles. The highest BCUT2D eigenvalue weighted by molar-refractivity contribution is 7.92. The Morgan fingerprint density at radius 2 is 2.15 bits per heavy atom. The van der Waals surface area contributed by atoms with Gasteiger partial charge in [-0.05, 0) is 31.4 Å². The fraction of sp³-hybridized carbons (Fsp3) is 0.600. The zero-order valence-corrected chi connectivity index (χ0v) is 12.8. The summed E-state index contributed by atoms with van der Waals surface area (Å²) >= 11 is 0. The molecule has 2 atom stereocenters. The van der Waals surface area contributed by atoms with E-state index in [1.165, 1.54) is 0 Å². The predicted molar refractivity (Wildman–Crippen MR) is 78.9 cm³/mol. The van der Waals surface area contributed by atoms with Crippen LogP contribution in [-0.2, 0) is 16.3 Å². The van der Waals surface area contributed by atoms with E-state index in [1.807, 2.05) is 25.1 Å². The first-order valence-corrected chi connectivity index (χ1v) is 8.69. The quantitative estimate of drug-likeness (QED) is 0.922. The van der Waals surface area contributed by atoms with Crippen molar-refractivity contribution in [1.82, 2.24) is 0 Å². The highest BCUT2D eigenvalue weighted by Crippen LogP contribution is 2.27. The average Bonchev–Trinajstić information content (AvgIpc) is 2.38. The molecule has 4 nitrogen and oxygen atoms in total. The van der Waals surface area contributed by atoms with Gasteiger partial charge in [-0.2, -0.15) is 0 Å². The van der Waals surface area contributed by atoms with E-state index in [0.717, 1.165) is 17.5 Å². The molecule has 0 aliphatic carbocycles. The first kappa shape index (κ1) is 15.3. The summed E-state index contributed by atoms with van der Waals surface area (Å²) in [5.41, 5.74) is 1.93. The number of aliphatic hydroxyl groups is 1. The summed E-state index contributed by atoms with van der Waals surface area (Å²) < 4.78 is 29.4. The second kappa shape index (κ2) is 6.14. The topological polar surface area (TPSA) is 63.6 Å². The van der Waals surface area contributed by atoms with E-state index >= 15 is 0 Å². The van der Waals surface area contributed by atoms with Crippen LogP contribution in [-0.4, -0.2) is 37.7 Å². The number of rotatable bonds is 4. The fourth-order valence-corrected chi connectivity index (χ4v) is 4.84. The molecule has 2 unspecified atom stereocenters. The van der Waals surface area contributed by atoms with E-state index in [9.17, 15) is 13.5 Å².